The summed E-state index contributed by atoms with van der Waals surface area (Å²) in [6, 6.07) is 0. The van der Waals surface area contributed by atoms with Crippen molar-refractivity contribution >= 4 is 11.7 Å². The molecule has 0 aromatic carbocycles. The molecule has 0 atom stereocenters. The molecule has 0 bridgehead atoms. The molecule has 0 fully saturated rings. The van der Waals surface area contributed by atoms with Crippen LogP contribution >= 0.6 is 0 Å². The lowest BCUT2D eigenvalue weighted by molar-refractivity contribution is -0.392. The topological polar surface area (TPSA) is 90.1 Å². The molecule has 124 valence electrons. The SMILES string of the molecule is O=C(Cn1cnc(CF)c1[N+](=O)[O-])NCC(F)(F)C(F)(F)F. The Morgan fingerprint density at radius 1 is 1.36 bits per heavy atom. The number of nitrogens with zero attached hydrogens (tertiary/aromatic N) is 3. The van der Waals surface area contributed by atoms with Crippen LogP contribution in [-0.4, -0.2) is 39.0 Å². The van der Waals surface area contributed by atoms with Crippen LogP contribution in [0.2, 0.25) is 0 Å². The maximum absolute atomic E-state index is 12.6. The van der Waals surface area contributed by atoms with Crippen molar-refractivity contribution in [3.8, 4) is 0 Å². The molecule has 1 aromatic heterocycles. The summed E-state index contributed by atoms with van der Waals surface area (Å²) in [5.74, 6) is -7.39. The van der Waals surface area contributed by atoms with E-state index in [2.05, 4.69) is 4.98 Å². The van der Waals surface area contributed by atoms with E-state index >= 15 is 0 Å². The normalized spacial score (nSPS) is 12.3. The zero-order valence-electron chi connectivity index (χ0n) is 10.5. The summed E-state index contributed by atoms with van der Waals surface area (Å²) in [6.07, 6.45) is -5.14. The summed E-state index contributed by atoms with van der Waals surface area (Å²) in [5, 5.41) is 12.0. The van der Waals surface area contributed by atoms with Gasteiger partial charge in [0.1, 0.15) is 6.67 Å². The molecule has 1 amide bonds. The van der Waals surface area contributed by atoms with Crippen molar-refractivity contribution in [3.63, 3.8) is 0 Å². The van der Waals surface area contributed by atoms with Crippen LogP contribution < -0.4 is 5.32 Å². The zero-order valence-corrected chi connectivity index (χ0v) is 10.5. The van der Waals surface area contributed by atoms with Crippen molar-refractivity contribution in [2.45, 2.75) is 25.3 Å². The third-order valence-corrected chi connectivity index (χ3v) is 2.42. The summed E-state index contributed by atoms with van der Waals surface area (Å²) in [6.45, 7) is -4.29. The standard InChI is InChI=1S/C9H8F6N4O3/c10-1-5-7(19(21)22)18(4-17-5)2-6(20)16-3-8(11,12)9(13,14)15/h4H,1-3H2,(H,16,20). The van der Waals surface area contributed by atoms with E-state index in [0.717, 1.165) is 0 Å². The van der Waals surface area contributed by atoms with E-state index in [1.807, 2.05) is 0 Å². The number of alkyl halides is 6. The molecular weight excluding hydrogens is 326 g/mol. The highest BCUT2D eigenvalue weighted by Crippen LogP contribution is 2.34. The van der Waals surface area contributed by atoms with Crippen molar-refractivity contribution in [1.82, 2.24) is 14.9 Å². The second kappa shape index (κ2) is 6.19. The van der Waals surface area contributed by atoms with Gasteiger partial charge in [0.05, 0.1) is 6.54 Å². The Bertz CT molecular complexity index is 570. The fraction of sp³-hybridized carbons (Fsp3) is 0.556. The van der Waals surface area contributed by atoms with E-state index in [1.165, 1.54) is 5.32 Å². The average molecular weight is 334 g/mol. The molecule has 0 saturated heterocycles. The van der Waals surface area contributed by atoms with Crippen LogP contribution in [0.3, 0.4) is 0 Å². The largest absolute Gasteiger partial charge is 0.455 e. The van der Waals surface area contributed by atoms with Gasteiger partial charge in [-0.05, 0) is 4.92 Å². The number of amides is 1. The van der Waals surface area contributed by atoms with Crippen LogP contribution in [0.4, 0.5) is 32.2 Å². The van der Waals surface area contributed by atoms with Crippen molar-refractivity contribution in [3.05, 3.63) is 22.1 Å². The van der Waals surface area contributed by atoms with Gasteiger partial charge in [0.15, 0.2) is 18.6 Å². The Morgan fingerprint density at radius 3 is 2.41 bits per heavy atom. The van der Waals surface area contributed by atoms with Crippen molar-refractivity contribution in [2.24, 2.45) is 0 Å². The summed E-state index contributed by atoms with van der Waals surface area (Å²) in [7, 11) is 0. The summed E-state index contributed by atoms with van der Waals surface area (Å²) < 4.78 is 73.8. The van der Waals surface area contributed by atoms with Crippen molar-refractivity contribution in [1.29, 1.82) is 0 Å². The summed E-state index contributed by atoms with van der Waals surface area (Å²) in [4.78, 5) is 24.2. The van der Waals surface area contributed by atoms with E-state index in [-0.39, 0.29) is 0 Å². The Morgan fingerprint density at radius 2 is 1.95 bits per heavy atom. The van der Waals surface area contributed by atoms with E-state index in [4.69, 9.17) is 0 Å². The van der Waals surface area contributed by atoms with Gasteiger partial charge in [-0.3, -0.25) is 4.79 Å². The first-order chi connectivity index (χ1) is 9.99. The van der Waals surface area contributed by atoms with Gasteiger partial charge in [0.2, 0.25) is 0 Å². The lowest BCUT2D eigenvalue weighted by atomic mass is 10.3. The van der Waals surface area contributed by atoms with Gasteiger partial charge in [0, 0.05) is 0 Å². The number of halogens is 6. The Hall–Kier alpha value is -2.34. The van der Waals surface area contributed by atoms with Crippen LogP contribution in [0, 0.1) is 10.1 Å². The van der Waals surface area contributed by atoms with Crippen molar-refractivity contribution in [2.75, 3.05) is 6.54 Å². The highest BCUT2D eigenvalue weighted by atomic mass is 19.4. The third kappa shape index (κ3) is 3.85. The second-order valence-electron chi connectivity index (χ2n) is 4.01. The molecule has 1 heterocycles. The lowest BCUT2D eigenvalue weighted by Crippen LogP contribution is -2.47. The molecule has 1 aromatic rings. The van der Waals surface area contributed by atoms with Gasteiger partial charge in [-0.25, -0.2) is 13.9 Å². The third-order valence-electron chi connectivity index (χ3n) is 2.42. The van der Waals surface area contributed by atoms with Crippen LogP contribution in [0.1, 0.15) is 5.69 Å². The minimum absolute atomic E-state index is 0.524. The number of aromatic nitrogens is 2. The molecule has 0 aliphatic heterocycles. The number of carbonyl (C=O) groups is 1. The second-order valence-corrected chi connectivity index (χ2v) is 4.01. The highest BCUT2D eigenvalue weighted by Gasteiger charge is 2.57. The molecule has 0 aliphatic carbocycles. The molecule has 0 aliphatic rings. The molecule has 1 N–H and O–H groups in total. The molecular formula is C9H8F6N4O3. The molecule has 7 nitrogen and oxygen atoms in total. The minimum atomic E-state index is -5.84. The fourth-order valence-corrected chi connectivity index (χ4v) is 1.36. The lowest BCUT2D eigenvalue weighted by Gasteiger charge is -2.19. The van der Waals surface area contributed by atoms with Gasteiger partial charge in [-0.2, -0.15) is 22.0 Å². The Kier molecular flexibility index (Phi) is 4.98. The van der Waals surface area contributed by atoms with Gasteiger partial charge in [-0.15, -0.1) is 0 Å². The molecule has 0 saturated carbocycles. The van der Waals surface area contributed by atoms with Crippen LogP contribution in [-0.2, 0) is 18.0 Å². The van der Waals surface area contributed by atoms with E-state index in [1.54, 1.807) is 0 Å². The monoisotopic (exact) mass is 334 g/mol. The number of hydrogen-bond acceptors (Lipinski definition) is 4. The fourth-order valence-electron chi connectivity index (χ4n) is 1.36. The molecule has 0 spiro atoms. The number of nitrogens with one attached hydrogen (secondary N) is 1. The number of nitro groups is 1. The predicted molar refractivity (Wildman–Crippen MR) is 57.7 cm³/mol. The van der Waals surface area contributed by atoms with Crippen molar-refractivity contribution < 1.29 is 36.1 Å². The number of carbonyl (C=O) groups excluding carboxylic acids is 1. The summed E-state index contributed by atoms with van der Waals surface area (Å²) in [5.41, 5.74) is -0.599. The maximum atomic E-state index is 12.6. The number of hydrogen-bond donors (Lipinski definition) is 1. The first-order valence-corrected chi connectivity index (χ1v) is 5.45. The predicted octanol–water partition coefficient (Wildman–Crippen LogP) is 1.57. The smallest absolute Gasteiger partial charge is 0.358 e. The van der Waals surface area contributed by atoms with Gasteiger partial charge in [-0.1, -0.05) is 0 Å². The van der Waals surface area contributed by atoms with E-state index < -0.39 is 54.2 Å². The van der Waals surface area contributed by atoms with Crippen LogP contribution in [0.25, 0.3) is 0 Å². The van der Waals surface area contributed by atoms with Crippen LogP contribution in [0.5, 0.6) is 0 Å². The quantitative estimate of drug-likeness (QED) is 0.486. The van der Waals surface area contributed by atoms with Gasteiger partial charge >= 0.3 is 17.9 Å². The molecule has 0 unspecified atom stereocenters. The Balaban J connectivity index is 2.75. The Labute approximate surface area is 118 Å². The molecule has 13 heteroatoms. The van der Waals surface area contributed by atoms with Gasteiger partial charge in [0.25, 0.3) is 5.91 Å². The van der Waals surface area contributed by atoms with E-state index in [9.17, 15) is 41.3 Å². The molecule has 0 radical (unpaired) electrons. The minimum Gasteiger partial charge on any atom is -0.358 e. The first-order valence-electron chi connectivity index (χ1n) is 5.45. The maximum Gasteiger partial charge on any atom is 0.455 e. The molecule has 22 heavy (non-hydrogen) atoms. The average Bonchev–Trinajstić information content (AvgIpc) is 2.78. The van der Waals surface area contributed by atoms with Gasteiger partial charge < -0.3 is 15.4 Å². The van der Waals surface area contributed by atoms with E-state index in [0.29, 0.717) is 10.9 Å². The van der Waals surface area contributed by atoms with Crippen LogP contribution in [0.15, 0.2) is 6.33 Å². The highest BCUT2D eigenvalue weighted by molar-refractivity contribution is 5.76. The molecule has 1 rings (SSSR count). The first kappa shape index (κ1) is 17.7. The zero-order chi connectivity index (χ0) is 17.1. The number of imidazole rings is 1. The summed E-state index contributed by atoms with van der Waals surface area (Å²) >= 11 is 0. The number of rotatable bonds is 6.